The molecule has 0 aliphatic rings. The summed E-state index contributed by atoms with van der Waals surface area (Å²) in [6.45, 7) is 0. The molecule has 0 fully saturated rings. The fourth-order valence-corrected chi connectivity index (χ4v) is 1.24. The summed E-state index contributed by atoms with van der Waals surface area (Å²) in [4.78, 5) is 0.984. The molecule has 3 N–H and O–H groups in total. The topological polar surface area (TPSA) is 46.2 Å². The predicted molar refractivity (Wildman–Crippen MR) is 39.2 cm³/mol. The van der Waals surface area contributed by atoms with Crippen LogP contribution in [0.15, 0.2) is 17.5 Å². The van der Waals surface area contributed by atoms with Gasteiger partial charge in [0.25, 0.3) is 0 Å². The zero-order valence-corrected chi connectivity index (χ0v) is 5.64. The van der Waals surface area contributed by atoms with E-state index in [2.05, 4.69) is 0 Å². The van der Waals surface area contributed by atoms with Crippen LogP contribution in [0.2, 0.25) is 0 Å². The van der Waals surface area contributed by atoms with Gasteiger partial charge in [-0.1, -0.05) is 6.07 Å². The number of nitrogens with two attached hydrogens (primary N) is 1. The van der Waals surface area contributed by atoms with Gasteiger partial charge in [-0.05, 0) is 11.4 Å². The van der Waals surface area contributed by atoms with Gasteiger partial charge in [-0.25, -0.2) is 0 Å². The highest BCUT2D eigenvalue weighted by Gasteiger charge is 2.05. The van der Waals surface area contributed by atoms with Gasteiger partial charge in [0, 0.05) is 10.8 Å². The molecule has 1 unspecified atom stereocenters. The Labute approximate surface area is 58.6 Å². The van der Waals surface area contributed by atoms with E-state index >= 15 is 0 Å². The van der Waals surface area contributed by atoms with Crippen LogP contribution in [-0.4, -0.2) is 12.5 Å². The van der Waals surface area contributed by atoms with Gasteiger partial charge >= 0.3 is 7.48 Å². The summed E-state index contributed by atoms with van der Waals surface area (Å²) in [5, 5.41) is 10.4. The second-order valence-electron chi connectivity index (χ2n) is 1.69. The number of thiophene rings is 1. The average molecular weight is 140 g/mol. The van der Waals surface area contributed by atoms with Crippen molar-refractivity contribution in [1.29, 1.82) is 0 Å². The molecule has 9 heavy (non-hydrogen) atoms. The van der Waals surface area contributed by atoms with Crippen molar-refractivity contribution in [3.63, 3.8) is 0 Å². The largest absolute Gasteiger partial charge is 0.452 e. The Balaban J connectivity index is 2.65. The zero-order valence-electron chi connectivity index (χ0n) is 4.82. The minimum Gasteiger partial charge on any atom is -0.452 e. The van der Waals surface area contributed by atoms with Gasteiger partial charge in [0.05, 0.1) is 0 Å². The number of rotatable bonds is 2. The summed E-state index contributed by atoms with van der Waals surface area (Å²) in [5.41, 5.74) is 5.44. The first-order valence-electron chi connectivity index (χ1n) is 2.61. The lowest BCUT2D eigenvalue weighted by Gasteiger charge is -1.99. The Bertz CT molecular complexity index is 165. The van der Waals surface area contributed by atoms with Crippen molar-refractivity contribution in [1.82, 2.24) is 0 Å². The summed E-state index contributed by atoms with van der Waals surface area (Å²) in [5.74, 6) is -0.315. The Hall–Kier alpha value is -0.315. The molecule has 1 aromatic rings. The van der Waals surface area contributed by atoms with Crippen molar-refractivity contribution in [2.45, 2.75) is 5.94 Å². The molecule has 1 radical (unpaired) electrons. The van der Waals surface area contributed by atoms with Gasteiger partial charge in [0.1, 0.15) is 0 Å². The van der Waals surface area contributed by atoms with Gasteiger partial charge in [-0.3, -0.25) is 0 Å². The highest BCUT2D eigenvalue weighted by atomic mass is 32.1. The summed E-state index contributed by atoms with van der Waals surface area (Å²) in [6.07, 6.45) is 0. The van der Waals surface area contributed by atoms with E-state index in [1.165, 1.54) is 11.3 Å². The van der Waals surface area contributed by atoms with Crippen LogP contribution in [0.4, 0.5) is 0 Å². The molecule has 2 nitrogen and oxygen atoms in total. The summed E-state index contributed by atoms with van der Waals surface area (Å²) >= 11 is 1.54. The molecule has 0 aromatic carbocycles. The maximum atomic E-state index is 8.46. The molecule has 0 saturated carbocycles. The van der Waals surface area contributed by atoms with Crippen molar-refractivity contribution < 1.29 is 5.02 Å². The lowest BCUT2D eigenvalue weighted by molar-refractivity contribution is 0.585. The molecule has 0 aliphatic heterocycles. The maximum absolute atomic E-state index is 8.46. The molecule has 0 bridgehead atoms. The van der Waals surface area contributed by atoms with Crippen molar-refractivity contribution in [2.24, 2.45) is 5.73 Å². The van der Waals surface area contributed by atoms with Crippen molar-refractivity contribution in [3.05, 3.63) is 22.4 Å². The van der Waals surface area contributed by atoms with Gasteiger partial charge in [0.15, 0.2) is 0 Å². The predicted octanol–water partition coefficient (Wildman–Crippen LogP) is 0.317. The Morgan fingerprint density at radius 1 is 1.78 bits per heavy atom. The van der Waals surface area contributed by atoms with E-state index in [9.17, 15) is 0 Å². The molecule has 4 heteroatoms. The van der Waals surface area contributed by atoms with Crippen LogP contribution in [0.1, 0.15) is 10.8 Å². The lowest BCUT2D eigenvalue weighted by atomic mass is 9.88. The minimum absolute atomic E-state index is 0.315. The van der Waals surface area contributed by atoms with E-state index in [0.717, 1.165) is 12.4 Å². The van der Waals surface area contributed by atoms with E-state index in [0.29, 0.717) is 0 Å². The van der Waals surface area contributed by atoms with Gasteiger partial charge in [-0.15, -0.1) is 11.3 Å². The smallest absolute Gasteiger partial charge is 0.311 e. The highest BCUT2D eigenvalue weighted by molar-refractivity contribution is 7.10. The first-order chi connectivity index (χ1) is 4.34. The van der Waals surface area contributed by atoms with Crippen LogP contribution in [0.3, 0.4) is 0 Å². The third-order valence-corrected chi connectivity index (χ3v) is 2.01. The van der Waals surface area contributed by atoms with E-state index in [1.54, 1.807) is 0 Å². The second-order valence-corrected chi connectivity index (χ2v) is 2.67. The summed E-state index contributed by atoms with van der Waals surface area (Å²) < 4.78 is 0. The molecular weight excluding hydrogens is 133 g/mol. The third-order valence-electron chi connectivity index (χ3n) is 1.03. The quantitative estimate of drug-likeness (QED) is 0.581. The van der Waals surface area contributed by atoms with Crippen LogP contribution in [-0.2, 0) is 0 Å². The first-order valence-corrected chi connectivity index (χ1v) is 3.49. The van der Waals surface area contributed by atoms with Crippen LogP contribution in [0, 0.1) is 0 Å². The first kappa shape index (κ1) is 6.80. The van der Waals surface area contributed by atoms with Crippen LogP contribution < -0.4 is 5.73 Å². The van der Waals surface area contributed by atoms with Crippen LogP contribution in [0.25, 0.3) is 0 Å². The van der Waals surface area contributed by atoms with Crippen molar-refractivity contribution in [2.75, 3.05) is 0 Å². The molecule has 0 saturated heterocycles. The monoisotopic (exact) mass is 140 g/mol. The van der Waals surface area contributed by atoms with Crippen molar-refractivity contribution in [3.8, 4) is 0 Å². The Kier molecular flexibility index (Phi) is 2.27. The molecule has 0 spiro atoms. The molecule has 47 valence electrons. The fourth-order valence-electron chi connectivity index (χ4n) is 0.554. The number of hydrogen-bond acceptors (Lipinski definition) is 3. The minimum atomic E-state index is -0.315. The van der Waals surface area contributed by atoms with E-state index in [-0.39, 0.29) is 5.94 Å². The average Bonchev–Trinajstić information content (AvgIpc) is 2.37. The molecule has 1 atom stereocenters. The summed E-state index contributed by atoms with van der Waals surface area (Å²) in [7, 11) is 0.992. The Morgan fingerprint density at radius 2 is 2.56 bits per heavy atom. The lowest BCUT2D eigenvalue weighted by Crippen LogP contribution is -2.15. The molecule has 1 aromatic heterocycles. The molecule has 0 aliphatic carbocycles. The summed E-state index contributed by atoms with van der Waals surface area (Å²) in [6, 6.07) is 3.80. The highest BCUT2D eigenvalue weighted by Crippen LogP contribution is 2.14. The maximum Gasteiger partial charge on any atom is 0.311 e. The van der Waals surface area contributed by atoms with Gasteiger partial charge < -0.3 is 10.8 Å². The second kappa shape index (κ2) is 3.01. The standard InChI is InChI=1S/C5H7BNOS/c7-5(6-8)4-2-1-3-9-4/h1-3,5,8H,7H2. The third kappa shape index (κ3) is 1.54. The molecule has 1 rings (SSSR count). The van der Waals surface area contributed by atoms with Crippen LogP contribution >= 0.6 is 11.3 Å². The number of hydrogen-bond donors (Lipinski definition) is 2. The fraction of sp³-hybridized carbons (Fsp3) is 0.200. The van der Waals surface area contributed by atoms with Gasteiger partial charge in [-0.2, -0.15) is 0 Å². The Morgan fingerprint density at radius 3 is 3.00 bits per heavy atom. The van der Waals surface area contributed by atoms with E-state index in [4.69, 9.17) is 10.8 Å². The molecule has 1 heterocycles. The van der Waals surface area contributed by atoms with E-state index in [1.807, 2.05) is 17.5 Å². The SMILES string of the molecule is NC([B]O)c1cccs1. The normalized spacial score (nSPS) is 13.1. The van der Waals surface area contributed by atoms with E-state index < -0.39 is 0 Å². The van der Waals surface area contributed by atoms with Crippen LogP contribution in [0.5, 0.6) is 0 Å². The molecular formula is C5H7BNOS. The van der Waals surface area contributed by atoms with Crippen molar-refractivity contribution >= 4 is 18.8 Å². The van der Waals surface area contributed by atoms with Gasteiger partial charge in [0.2, 0.25) is 0 Å². The zero-order chi connectivity index (χ0) is 6.69. The molecule has 0 amide bonds.